The average Bonchev–Trinajstić information content (AvgIpc) is 3.43. The van der Waals surface area contributed by atoms with E-state index in [-0.39, 0.29) is 4.90 Å². The Morgan fingerprint density at radius 1 is 0.968 bits per heavy atom. The lowest BCUT2D eigenvalue weighted by Crippen LogP contribution is -2.26. The summed E-state index contributed by atoms with van der Waals surface area (Å²) in [5.74, 6) is 3.42. The van der Waals surface area contributed by atoms with Gasteiger partial charge < -0.3 is 14.3 Å². The predicted molar refractivity (Wildman–Crippen MR) is 120 cm³/mol. The van der Waals surface area contributed by atoms with Crippen molar-refractivity contribution in [1.82, 2.24) is 10.1 Å². The molecule has 2 atom stereocenters. The van der Waals surface area contributed by atoms with Crippen LogP contribution in [-0.2, 0) is 10.1 Å². The van der Waals surface area contributed by atoms with E-state index in [1.807, 2.05) is 25.1 Å². The number of likely N-dealkylation sites (tertiary alicyclic amines) is 1. The Labute approximate surface area is 183 Å². The van der Waals surface area contributed by atoms with E-state index in [1.54, 1.807) is 12.1 Å². The van der Waals surface area contributed by atoms with Crippen LogP contribution in [0.5, 0.6) is 0 Å². The van der Waals surface area contributed by atoms with E-state index in [0.717, 1.165) is 47.6 Å². The zero-order chi connectivity index (χ0) is 22.0. The van der Waals surface area contributed by atoms with E-state index in [0.29, 0.717) is 0 Å². The van der Waals surface area contributed by atoms with E-state index < -0.39 is 10.1 Å². The number of rotatable bonds is 3. The molecule has 2 aromatic carbocycles. The Hall–Kier alpha value is -2.68. The third-order valence-electron chi connectivity index (χ3n) is 5.87. The largest absolute Gasteiger partial charge is 0.354 e. The fraction of sp³-hybridized carbons (Fsp3) is 0.348. The number of nitrogens with zero attached hydrogens (tertiary/aromatic N) is 3. The summed E-state index contributed by atoms with van der Waals surface area (Å²) >= 11 is 0. The van der Waals surface area contributed by atoms with E-state index in [2.05, 4.69) is 40.2 Å². The number of hydrogen-bond donors (Lipinski definition) is 1. The molecule has 5 rings (SSSR count). The summed E-state index contributed by atoms with van der Waals surface area (Å²) in [6.07, 6.45) is 0. The molecule has 2 fully saturated rings. The Kier molecular flexibility index (Phi) is 6.13. The lowest BCUT2D eigenvalue weighted by molar-refractivity contribution is 0.385. The monoisotopic (exact) mass is 441 g/mol. The highest BCUT2D eigenvalue weighted by Crippen LogP contribution is 2.34. The smallest absolute Gasteiger partial charge is 0.294 e. The third-order valence-corrected chi connectivity index (χ3v) is 6.74. The second-order valence-electron chi connectivity index (χ2n) is 8.35. The van der Waals surface area contributed by atoms with Crippen LogP contribution < -0.4 is 4.90 Å². The van der Waals surface area contributed by atoms with Crippen LogP contribution >= 0.6 is 0 Å². The van der Waals surface area contributed by atoms with Crippen LogP contribution in [0.2, 0.25) is 0 Å². The minimum atomic E-state index is -4.02. The Morgan fingerprint density at radius 3 is 2.16 bits per heavy atom. The zero-order valence-corrected chi connectivity index (χ0v) is 18.5. The Balaban J connectivity index is 0.000000180. The van der Waals surface area contributed by atoms with Crippen LogP contribution in [0.1, 0.15) is 5.56 Å². The van der Waals surface area contributed by atoms with Crippen LogP contribution in [0.4, 0.5) is 5.82 Å². The first-order chi connectivity index (χ1) is 14.8. The predicted octanol–water partition coefficient (Wildman–Crippen LogP) is 3.58. The summed E-state index contributed by atoms with van der Waals surface area (Å²) in [5.41, 5.74) is 2.04. The van der Waals surface area contributed by atoms with Crippen molar-refractivity contribution in [3.05, 3.63) is 66.2 Å². The highest BCUT2D eigenvalue weighted by Gasteiger charge is 2.39. The summed E-state index contributed by atoms with van der Waals surface area (Å²) in [6.45, 7) is 6.48. The zero-order valence-electron chi connectivity index (χ0n) is 17.7. The molecule has 2 aliphatic rings. The van der Waals surface area contributed by atoms with Crippen molar-refractivity contribution in [3.63, 3.8) is 0 Å². The molecule has 2 saturated heterocycles. The molecule has 7 nitrogen and oxygen atoms in total. The van der Waals surface area contributed by atoms with E-state index in [1.165, 1.54) is 25.2 Å². The molecule has 1 aromatic heterocycles. The molecule has 0 radical (unpaired) electrons. The van der Waals surface area contributed by atoms with Gasteiger partial charge in [-0.25, -0.2) is 0 Å². The first-order valence-electron chi connectivity index (χ1n) is 10.3. The summed E-state index contributed by atoms with van der Waals surface area (Å²) in [7, 11) is -1.81. The Bertz CT molecular complexity index is 1100. The second kappa shape index (κ2) is 8.82. The number of fused-ring (bicyclic) bond motifs is 1. The standard InChI is InChI=1S/C16H19N3O.C7H8O3S/c1-18-8-13-10-19(11-14(13)9-18)16-7-15(20-17-16)12-5-3-2-4-6-12;1-6-2-4-7(5-3-6)11(8,9)10/h2-7,13-14H,8-11H2,1H3;2-5H,1H3,(H,8,9,10). The maximum absolute atomic E-state index is 10.5. The first kappa shape index (κ1) is 21.5. The summed E-state index contributed by atoms with van der Waals surface area (Å²) in [5, 5.41) is 4.26. The third kappa shape index (κ3) is 5.15. The van der Waals surface area contributed by atoms with Gasteiger partial charge in [0.2, 0.25) is 0 Å². The fourth-order valence-corrected chi connectivity index (χ4v) is 4.76. The highest BCUT2D eigenvalue weighted by atomic mass is 32.2. The molecule has 2 unspecified atom stereocenters. The molecular formula is C23H27N3O4S. The van der Waals surface area contributed by atoms with Gasteiger partial charge in [0.05, 0.1) is 4.90 Å². The van der Waals surface area contributed by atoms with Crippen molar-refractivity contribution in [2.45, 2.75) is 11.8 Å². The lowest BCUT2D eigenvalue weighted by atomic mass is 10.0. The average molecular weight is 442 g/mol. The molecule has 3 aromatic rings. The normalized spacial score (nSPS) is 20.9. The van der Waals surface area contributed by atoms with Gasteiger partial charge in [-0.05, 0) is 37.9 Å². The number of hydrogen-bond acceptors (Lipinski definition) is 6. The number of aromatic nitrogens is 1. The van der Waals surface area contributed by atoms with Crippen molar-refractivity contribution in [2.75, 3.05) is 38.1 Å². The maximum Gasteiger partial charge on any atom is 0.294 e. The quantitative estimate of drug-likeness (QED) is 0.622. The maximum atomic E-state index is 10.5. The van der Waals surface area contributed by atoms with E-state index in [9.17, 15) is 8.42 Å². The second-order valence-corrected chi connectivity index (χ2v) is 9.77. The molecule has 31 heavy (non-hydrogen) atoms. The molecule has 0 bridgehead atoms. The molecule has 0 spiro atoms. The molecule has 164 valence electrons. The van der Waals surface area contributed by atoms with Crippen LogP contribution in [0.25, 0.3) is 11.3 Å². The van der Waals surface area contributed by atoms with Gasteiger partial charge in [0.25, 0.3) is 10.1 Å². The van der Waals surface area contributed by atoms with Crippen molar-refractivity contribution < 1.29 is 17.5 Å². The summed E-state index contributed by atoms with van der Waals surface area (Å²) < 4.78 is 35.1. The van der Waals surface area contributed by atoms with Gasteiger partial charge in [0.15, 0.2) is 11.6 Å². The SMILES string of the molecule is CN1CC2CN(c3cc(-c4ccccc4)on3)CC2C1.Cc1ccc(S(=O)(=O)O)cc1. The molecule has 3 heterocycles. The number of benzene rings is 2. The molecule has 8 heteroatoms. The molecule has 2 aliphatic heterocycles. The van der Waals surface area contributed by atoms with Gasteiger partial charge in [-0.2, -0.15) is 8.42 Å². The van der Waals surface area contributed by atoms with Gasteiger partial charge in [-0.1, -0.05) is 53.2 Å². The van der Waals surface area contributed by atoms with Crippen molar-refractivity contribution in [3.8, 4) is 11.3 Å². The van der Waals surface area contributed by atoms with Crippen LogP contribution in [0, 0.1) is 18.8 Å². The molecule has 0 aliphatic carbocycles. The van der Waals surface area contributed by atoms with Gasteiger partial charge in [0.1, 0.15) is 0 Å². The molecule has 0 amide bonds. The van der Waals surface area contributed by atoms with Crippen LogP contribution in [0.15, 0.2) is 70.1 Å². The van der Waals surface area contributed by atoms with Crippen molar-refractivity contribution in [1.29, 1.82) is 0 Å². The topological polar surface area (TPSA) is 86.9 Å². The summed E-state index contributed by atoms with van der Waals surface area (Å²) in [6, 6.07) is 18.2. The van der Waals surface area contributed by atoms with Gasteiger partial charge in [0, 0.05) is 37.8 Å². The molecule has 0 saturated carbocycles. The number of aryl methyl sites for hydroxylation is 1. The highest BCUT2D eigenvalue weighted by molar-refractivity contribution is 7.85. The minimum absolute atomic E-state index is 0.0666. The van der Waals surface area contributed by atoms with Crippen molar-refractivity contribution in [2.24, 2.45) is 11.8 Å². The van der Waals surface area contributed by atoms with Crippen molar-refractivity contribution >= 4 is 15.9 Å². The minimum Gasteiger partial charge on any atom is -0.354 e. The van der Waals surface area contributed by atoms with Gasteiger partial charge in [-0.3, -0.25) is 4.55 Å². The lowest BCUT2D eigenvalue weighted by Gasteiger charge is -2.17. The van der Waals surface area contributed by atoms with Crippen LogP contribution in [-0.4, -0.2) is 56.3 Å². The first-order valence-corrected chi connectivity index (χ1v) is 11.7. The van der Waals surface area contributed by atoms with Gasteiger partial charge in [-0.15, -0.1) is 0 Å². The van der Waals surface area contributed by atoms with Gasteiger partial charge >= 0.3 is 0 Å². The molecule has 1 N–H and O–H groups in total. The van der Waals surface area contributed by atoms with E-state index in [4.69, 9.17) is 9.08 Å². The van der Waals surface area contributed by atoms with E-state index >= 15 is 0 Å². The number of anilines is 1. The molecular weight excluding hydrogens is 414 g/mol. The Morgan fingerprint density at radius 2 is 1.58 bits per heavy atom. The summed E-state index contributed by atoms with van der Waals surface area (Å²) in [4.78, 5) is 4.74. The van der Waals surface area contributed by atoms with Crippen LogP contribution in [0.3, 0.4) is 0 Å². The fourth-order valence-electron chi connectivity index (χ4n) is 4.28.